The Labute approximate surface area is 96.6 Å². The lowest BCUT2D eigenvalue weighted by Gasteiger charge is -2.19. The van der Waals surface area contributed by atoms with Crippen molar-refractivity contribution in [1.29, 1.82) is 0 Å². The number of hydrogen-bond donors (Lipinski definition) is 0. The Morgan fingerprint density at radius 3 is 1.27 bits per heavy atom. The highest BCUT2D eigenvalue weighted by molar-refractivity contribution is 4.61. The second-order valence-electron chi connectivity index (χ2n) is 6.94. The van der Waals surface area contributed by atoms with Crippen LogP contribution in [0.5, 0.6) is 0 Å². The first-order valence-electron chi connectivity index (χ1n) is 6.28. The summed E-state index contributed by atoms with van der Waals surface area (Å²) < 4.78 is 5.62. The van der Waals surface area contributed by atoms with Gasteiger partial charge in [0.2, 0.25) is 0 Å². The van der Waals surface area contributed by atoms with Gasteiger partial charge >= 0.3 is 0 Å². The zero-order valence-corrected chi connectivity index (χ0v) is 11.7. The molecule has 0 rings (SSSR count). The van der Waals surface area contributed by atoms with Gasteiger partial charge < -0.3 is 4.74 Å². The molecule has 1 heteroatoms. The van der Waals surface area contributed by atoms with E-state index in [0.29, 0.717) is 10.8 Å². The summed E-state index contributed by atoms with van der Waals surface area (Å²) in [4.78, 5) is 0. The summed E-state index contributed by atoms with van der Waals surface area (Å²) in [6.45, 7) is 15.6. The van der Waals surface area contributed by atoms with Crippen LogP contribution in [0.4, 0.5) is 0 Å². The third kappa shape index (κ3) is 14.0. The van der Waals surface area contributed by atoms with E-state index < -0.39 is 0 Å². The Bertz CT molecular complexity index is 130. The number of ether oxygens (including phenoxy) is 1. The van der Waals surface area contributed by atoms with Crippen LogP contribution < -0.4 is 0 Å². The van der Waals surface area contributed by atoms with Crippen LogP contribution in [0.15, 0.2) is 0 Å². The molecule has 1 nitrogen and oxygen atoms in total. The molecule has 0 atom stereocenters. The summed E-state index contributed by atoms with van der Waals surface area (Å²) in [5.74, 6) is 0. The predicted octanol–water partition coefficient (Wildman–Crippen LogP) is 4.66. The SMILES string of the molecule is CC(C)(C)CCCOCCCC(C)(C)C. The van der Waals surface area contributed by atoms with E-state index in [1.165, 1.54) is 25.7 Å². The molecule has 0 aliphatic heterocycles. The van der Waals surface area contributed by atoms with Crippen LogP contribution in [0.1, 0.15) is 67.2 Å². The monoisotopic (exact) mass is 214 g/mol. The fraction of sp³-hybridized carbons (Fsp3) is 1.00. The predicted molar refractivity (Wildman–Crippen MR) is 68.2 cm³/mol. The third-order valence-corrected chi connectivity index (χ3v) is 2.43. The summed E-state index contributed by atoms with van der Waals surface area (Å²) in [6.07, 6.45) is 4.90. The lowest BCUT2D eigenvalue weighted by atomic mass is 9.90. The van der Waals surface area contributed by atoms with E-state index in [-0.39, 0.29) is 0 Å². The van der Waals surface area contributed by atoms with Crippen LogP contribution in [-0.4, -0.2) is 13.2 Å². The van der Waals surface area contributed by atoms with Gasteiger partial charge in [0.15, 0.2) is 0 Å². The smallest absolute Gasteiger partial charge is 0.0466 e. The molecule has 0 aromatic carbocycles. The number of rotatable bonds is 6. The molecule has 0 saturated heterocycles. The molecular formula is C14H30O. The van der Waals surface area contributed by atoms with Crippen molar-refractivity contribution in [3.8, 4) is 0 Å². The molecule has 0 saturated carbocycles. The van der Waals surface area contributed by atoms with Crippen molar-refractivity contribution in [3.63, 3.8) is 0 Å². The molecule has 0 radical (unpaired) electrons. The van der Waals surface area contributed by atoms with E-state index in [0.717, 1.165) is 13.2 Å². The molecule has 0 aliphatic rings. The quantitative estimate of drug-likeness (QED) is 0.584. The van der Waals surface area contributed by atoms with Gasteiger partial charge in [-0.1, -0.05) is 41.5 Å². The molecular weight excluding hydrogens is 184 g/mol. The first-order valence-corrected chi connectivity index (χ1v) is 6.28. The summed E-state index contributed by atoms with van der Waals surface area (Å²) in [5.41, 5.74) is 0.906. The van der Waals surface area contributed by atoms with Gasteiger partial charge in [-0.2, -0.15) is 0 Å². The molecule has 0 aromatic rings. The van der Waals surface area contributed by atoms with E-state index in [1.54, 1.807) is 0 Å². The Kier molecular flexibility index (Phi) is 6.51. The van der Waals surface area contributed by atoms with Crippen molar-refractivity contribution in [1.82, 2.24) is 0 Å². The Balaban J connectivity index is 3.20. The molecule has 0 spiro atoms. The normalized spacial score (nSPS) is 13.2. The van der Waals surface area contributed by atoms with E-state index in [1.807, 2.05) is 0 Å². The van der Waals surface area contributed by atoms with Gasteiger partial charge in [0, 0.05) is 13.2 Å². The van der Waals surface area contributed by atoms with Crippen LogP contribution in [0.2, 0.25) is 0 Å². The van der Waals surface area contributed by atoms with Crippen LogP contribution in [0.3, 0.4) is 0 Å². The van der Waals surface area contributed by atoms with Gasteiger partial charge in [-0.05, 0) is 36.5 Å². The maximum absolute atomic E-state index is 5.62. The molecule has 0 N–H and O–H groups in total. The maximum atomic E-state index is 5.62. The first-order chi connectivity index (χ1) is 6.71. The maximum Gasteiger partial charge on any atom is 0.0466 e. The Hall–Kier alpha value is -0.0400. The van der Waals surface area contributed by atoms with Gasteiger partial charge in [-0.3, -0.25) is 0 Å². The average molecular weight is 214 g/mol. The van der Waals surface area contributed by atoms with Crippen molar-refractivity contribution < 1.29 is 4.74 Å². The Morgan fingerprint density at radius 1 is 0.667 bits per heavy atom. The highest BCUT2D eigenvalue weighted by atomic mass is 16.5. The second kappa shape index (κ2) is 6.52. The summed E-state index contributed by atoms with van der Waals surface area (Å²) >= 11 is 0. The fourth-order valence-corrected chi connectivity index (χ4v) is 1.51. The number of hydrogen-bond acceptors (Lipinski definition) is 1. The van der Waals surface area contributed by atoms with Crippen molar-refractivity contribution in [2.75, 3.05) is 13.2 Å². The molecule has 15 heavy (non-hydrogen) atoms. The van der Waals surface area contributed by atoms with E-state index in [4.69, 9.17) is 4.74 Å². The zero-order chi connectivity index (χ0) is 11.9. The zero-order valence-electron chi connectivity index (χ0n) is 11.7. The molecule has 0 aromatic heterocycles. The van der Waals surface area contributed by atoms with Crippen molar-refractivity contribution in [2.24, 2.45) is 10.8 Å². The molecule has 92 valence electrons. The molecule has 0 heterocycles. The molecule has 0 unspecified atom stereocenters. The summed E-state index contributed by atoms with van der Waals surface area (Å²) in [6, 6.07) is 0. The van der Waals surface area contributed by atoms with Gasteiger partial charge in [-0.15, -0.1) is 0 Å². The van der Waals surface area contributed by atoms with Crippen LogP contribution >= 0.6 is 0 Å². The van der Waals surface area contributed by atoms with Crippen LogP contribution in [0, 0.1) is 10.8 Å². The molecule has 0 aliphatic carbocycles. The molecule has 0 bridgehead atoms. The van der Waals surface area contributed by atoms with Crippen LogP contribution in [-0.2, 0) is 4.74 Å². The minimum Gasteiger partial charge on any atom is -0.381 e. The van der Waals surface area contributed by atoms with Gasteiger partial charge in [0.25, 0.3) is 0 Å². The van der Waals surface area contributed by atoms with Crippen molar-refractivity contribution >= 4 is 0 Å². The lowest BCUT2D eigenvalue weighted by Crippen LogP contribution is -2.09. The summed E-state index contributed by atoms with van der Waals surface area (Å²) in [5, 5.41) is 0. The summed E-state index contributed by atoms with van der Waals surface area (Å²) in [7, 11) is 0. The van der Waals surface area contributed by atoms with Gasteiger partial charge in [0.05, 0.1) is 0 Å². The van der Waals surface area contributed by atoms with Crippen molar-refractivity contribution in [3.05, 3.63) is 0 Å². The van der Waals surface area contributed by atoms with E-state index in [9.17, 15) is 0 Å². The first kappa shape index (κ1) is 15.0. The van der Waals surface area contributed by atoms with Gasteiger partial charge in [-0.25, -0.2) is 0 Å². The molecule has 0 amide bonds. The average Bonchev–Trinajstić information content (AvgIpc) is 1.98. The van der Waals surface area contributed by atoms with E-state index >= 15 is 0 Å². The van der Waals surface area contributed by atoms with E-state index in [2.05, 4.69) is 41.5 Å². The minimum atomic E-state index is 0.453. The van der Waals surface area contributed by atoms with Crippen LogP contribution in [0.25, 0.3) is 0 Å². The standard InChI is InChI=1S/C14H30O/c1-13(2,3)9-7-11-15-12-8-10-14(4,5)6/h7-12H2,1-6H3. The largest absolute Gasteiger partial charge is 0.381 e. The highest BCUT2D eigenvalue weighted by Gasteiger charge is 2.10. The fourth-order valence-electron chi connectivity index (χ4n) is 1.51. The third-order valence-electron chi connectivity index (χ3n) is 2.43. The lowest BCUT2D eigenvalue weighted by molar-refractivity contribution is 0.112. The minimum absolute atomic E-state index is 0.453. The topological polar surface area (TPSA) is 9.23 Å². The van der Waals surface area contributed by atoms with Gasteiger partial charge in [0.1, 0.15) is 0 Å². The van der Waals surface area contributed by atoms with Crippen molar-refractivity contribution in [2.45, 2.75) is 67.2 Å². The Morgan fingerprint density at radius 2 is 1.00 bits per heavy atom. The molecule has 0 fully saturated rings. The highest BCUT2D eigenvalue weighted by Crippen LogP contribution is 2.21. The second-order valence-corrected chi connectivity index (χ2v) is 6.94.